The molecule has 0 saturated carbocycles. The maximum Gasteiger partial charge on any atom is 0.187 e. The molecule has 24 heavy (non-hydrogen) atoms. The Morgan fingerprint density at radius 1 is 0.958 bits per heavy atom. The predicted molar refractivity (Wildman–Crippen MR) is 103 cm³/mol. The van der Waals surface area contributed by atoms with Crippen molar-refractivity contribution >= 4 is 22.2 Å². The zero-order valence-electron chi connectivity index (χ0n) is 14.5. The lowest BCUT2D eigenvalue weighted by molar-refractivity contribution is 0.415. The number of benzene rings is 2. The third kappa shape index (κ3) is 3.77. The van der Waals surface area contributed by atoms with Gasteiger partial charge in [-0.1, -0.05) is 32.9 Å². The third-order valence-electron chi connectivity index (χ3n) is 3.89. The lowest BCUT2D eigenvalue weighted by atomic mass is 9.87. The molecule has 1 aromatic heterocycles. The highest BCUT2D eigenvalue weighted by molar-refractivity contribution is 7.14. The molecular formula is C20H22N2OS. The third-order valence-corrected chi connectivity index (χ3v) is 4.65. The number of nitrogens with zero attached hydrogens (tertiary/aromatic N) is 1. The Morgan fingerprint density at radius 2 is 1.62 bits per heavy atom. The van der Waals surface area contributed by atoms with Crippen molar-refractivity contribution < 1.29 is 4.74 Å². The van der Waals surface area contributed by atoms with Crippen molar-refractivity contribution in [1.82, 2.24) is 4.98 Å². The van der Waals surface area contributed by atoms with Crippen LogP contribution in [0.2, 0.25) is 0 Å². The van der Waals surface area contributed by atoms with Crippen molar-refractivity contribution in [3.05, 3.63) is 59.5 Å². The molecule has 4 heteroatoms. The highest BCUT2D eigenvalue weighted by Gasteiger charge is 2.13. The molecule has 0 atom stereocenters. The summed E-state index contributed by atoms with van der Waals surface area (Å²) in [6, 6.07) is 16.5. The summed E-state index contributed by atoms with van der Waals surface area (Å²) in [6.45, 7) is 6.66. The van der Waals surface area contributed by atoms with E-state index >= 15 is 0 Å². The fourth-order valence-corrected chi connectivity index (χ4v) is 3.14. The van der Waals surface area contributed by atoms with E-state index in [1.54, 1.807) is 18.4 Å². The SMILES string of the molecule is COc1ccc(-c2csc(Nc3ccc(C(C)(C)C)cc3)n2)cc1. The number of ether oxygens (including phenoxy) is 1. The summed E-state index contributed by atoms with van der Waals surface area (Å²) in [5.41, 5.74) is 4.60. The monoisotopic (exact) mass is 338 g/mol. The van der Waals surface area contributed by atoms with Crippen LogP contribution in [0.25, 0.3) is 11.3 Å². The summed E-state index contributed by atoms with van der Waals surface area (Å²) >= 11 is 1.61. The van der Waals surface area contributed by atoms with Gasteiger partial charge in [-0.3, -0.25) is 0 Å². The lowest BCUT2D eigenvalue weighted by Gasteiger charge is -2.19. The number of nitrogens with one attached hydrogen (secondary N) is 1. The van der Waals surface area contributed by atoms with Crippen LogP contribution in [0.3, 0.4) is 0 Å². The Labute approximate surface area is 147 Å². The van der Waals surface area contributed by atoms with Crippen LogP contribution < -0.4 is 10.1 Å². The average Bonchev–Trinajstić information content (AvgIpc) is 3.03. The zero-order valence-corrected chi connectivity index (χ0v) is 15.3. The number of rotatable bonds is 4. The maximum atomic E-state index is 5.19. The van der Waals surface area contributed by atoms with Gasteiger partial charge in [0.05, 0.1) is 12.8 Å². The van der Waals surface area contributed by atoms with Gasteiger partial charge in [0.2, 0.25) is 0 Å². The van der Waals surface area contributed by atoms with Crippen LogP contribution in [0.15, 0.2) is 53.9 Å². The fourth-order valence-electron chi connectivity index (χ4n) is 2.40. The molecule has 1 N–H and O–H groups in total. The van der Waals surface area contributed by atoms with E-state index in [4.69, 9.17) is 4.74 Å². The molecule has 0 fully saturated rings. The largest absolute Gasteiger partial charge is 0.497 e. The van der Waals surface area contributed by atoms with E-state index in [1.807, 2.05) is 24.3 Å². The standard InChI is InChI=1S/C20H22N2OS/c1-20(2,3)15-7-9-16(10-8-15)21-19-22-18(13-24-19)14-5-11-17(23-4)12-6-14/h5-13H,1-4H3,(H,21,22). The molecule has 3 aromatic rings. The van der Waals surface area contributed by atoms with Gasteiger partial charge in [-0.2, -0.15) is 0 Å². The molecule has 3 nitrogen and oxygen atoms in total. The van der Waals surface area contributed by atoms with E-state index in [0.717, 1.165) is 27.8 Å². The molecular weight excluding hydrogens is 316 g/mol. The van der Waals surface area contributed by atoms with Gasteiger partial charge in [0.1, 0.15) is 5.75 Å². The molecule has 0 amide bonds. The molecule has 0 bridgehead atoms. The Kier molecular flexibility index (Phi) is 4.58. The van der Waals surface area contributed by atoms with Gasteiger partial charge in [0, 0.05) is 16.6 Å². The molecule has 0 saturated heterocycles. The van der Waals surface area contributed by atoms with E-state index in [1.165, 1.54) is 5.56 Å². The van der Waals surface area contributed by atoms with E-state index in [0.29, 0.717) is 0 Å². The summed E-state index contributed by atoms with van der Waals surface area (Å²) in [5, 5.41) is 6.33. The average molecular weight is 338 g/mol. The molecule has 0 unspecified atom stereocenters. The number of hydrogen-bond donors (Lipinski definition) is 1. The van der Waals surface area contributed by atoms with Crippen molar-refractivity contribution in [3.8, 4) is 17.0 Å². The fraction of sp³-hybridized carbons (Fsp3) is 0.250. The second-order valence-corrected chi connectivity index (χ2v) is 7.58. The topological polar surface area (TPSA) is 34.1 Å². The van der Waals surface area contributed by atoms with Gasteiger partial charge in [0.15, 0.2) is 5.13 Å². The van der Waals surface area contributed by atoms with Gasteiger partial charge in [0.25, 0.3) is 0 Å². The number of anilines is 2. The van der Waals surface area contributed by atoms with E-state index < -0.39 is 0 Å². The Balaban J connectivity index is 1.73. The van der Waals surface area contributed by atoms with Gasteiger partial charge in [-0.25, -0.2) is 4.98 Å². The minimum Gasteiger partial charge on any atom is -0.497 e. The first kappa shape index (κ1) is 16.5. The van der Waals surface area contributed by atoms with Crippen molar-refractivity contribution in [2.24, 2.45) is 0 Å². The minimum absolute atomic E-state index is 0.168. The molecule has 2 aromatic carbocycles. The number of thiazole rings is 1. The van der Waals surface area contributed by atoms with Gasteiger partial charge in [-0.15, -0.1) is 11.3 Å². The molecule has 3 rings (SSSR count). The van der Waals surface area contributed by atoms with Crippen LogP contribution in [-0.2, 0) is 5.41 Å². The van der Waals surface area contributed by atoms with E-state index in [9.17, 15) is 0 Å². The lowest BCUT2D eigenvalue weighted by Crippen LogP contribution is -2.10. The molecule has 0 aliphatic carbocycles. The number of methoxy groups -OCH3 is 1. The van der Waals surface area contributed by atoms with Crippen LogP contribution in [0, 0.1) is 0 Å². The van der Waals surface area contributed by atoms with Crippen LogP contribution in [0.4, 0.5) is 10.8 Å². The van der Waals surface area contributed by atoms with E-state index in [-0.39, 0.29) is 5.41 Å². The van der Waals surface area contributed by atoms with Crippen molar-refractivity contribution in [1.29, 1.82) is 0 Å². The first-order valence-corrected chi connectivity index (χ1v) is 8.81. The van der Waals surface area contributed by atoms with Crippen molar-refractivity contribution in [2.45, 2.75) is 26.2 Å². The molecule has 0 aliphatic rings. The zero-order chi connectivity index (χ0) is 17.2. The van der Waals surface area contributed by atoms with Gasteiger partial charge >= 0.3 is 0 Å². The highest BCUT2D eigenvalue weighted by atomic mass is 32.1. The van der Waals surface area contributed by atoms with Crippen LogP contribution in [0.5, 0.6) is 5.75 Å². The van der Waals surface area contributed by atoms with Crippen LogP contribution >= 0.6 is 11.3 Å². The minimum atomic E-state index is 0.168. The smallest absolute Gasteiger partial charge is 0.187 e. The van der Waals surface area contributed by atoms with Gasteiger partial charge in [-0.05, 0) is 47.4 Å². The van der Waals surface area contributed by atoms with Crippen molar-refractivity contribution in [3.63, 3.8) is 0 Å². The predicted octanol–water partition coefficient (Wildman–Crippen LogP) is 5.86. The van der Waals surface area contributed by atoms with Gasteiger partial charge < -0.3 is 10.1 Å². The summed E-state index contributed by atoms with van der Waals surface area (Å²) in [7, 11) is 1.67. The van der Waals surface area contributed by atoms with Crippen molar-refractivity contribution in [2.75, 3.05) is 12.4 Å². The quantitative estimate of drug-likeness (QED) is 0.647. The van der Waals surface area contributed by atoms with Crippen LogP contribution in [-0.4, -0.2) is 12.1 Å². The highest BCUT2D eigenvalue weighted by Crippen LogP contribution is 2.29. The Hall–Kier alpha value is -2.33. The molecule has 124 valence electrons. The second-order valence-electron chi connectivity index (χ2n) is 6.72. The number of hydrogen-bond acceptors (Lipinski definition) is 4. The molecule has 1 heterocycles. The molecule has 0 aliphatic heterocycles. The summed E-state index contributed by atoms with van der Waals surface area (Å²) in [6.07, 6.45) is 0. The summed E-state index contributed by atoms with van der Waals surface area (Å²) in [5.74, 6) is 0.853. The first-order chi connectivity index (χ1) is 11.5. The summed E-state index contributed by atoms with van der Waals surface area (Å²) in [4.78, 5) is 4.67. The normalized spacial score (nSPS) is 11.3. The maximum absolute atomic E-state index is 5.19. The first-order valence-electron chi connectivity index (χ1n) is 7.93. The second kappa shape index (κ2) is 6.65. The summed E-state index contributed by atoms with van der Waals surface area (Å²) < 4.78 is 5.19. The Morgan fingerprint density at radius 3 is 2.21 bits per heavy atom. The Bertz CT molecular complexity index is 799. The molecule has 0 radical (unpaired) electrons. The number of aromatic nitrogens is 1. The van der Waals surface area contributed by atoms with Crippen LogP contribution in [0.1, 0.15) is 26.3 Å². The van der Waals surface area contributed by atoms with E-state index in [2.05, 4.69) is 60.7 Å². The molecule has 0 spiro atoms.